The maximum atomic E-state index is 12.9. The van der Waals surface area contributed by atoms with E-state index < -0.39 is 17.6 Å². The zero-order chi connectivity index (χ0) is 13.8. The minimum Gasteiger partial charge on any atom is -0.318 e. The molecule has 2 N–H and O–H groups in total. The van der Waals surface area contributed by atoms with E-state index in [2.05, 4.69) is 20.9 Å². The largest absolute Gasteiger partial charge is 0.328 e. The van der Waals surface area contributed by atoms with Gasteiger partial charge in [0.1, 0.15) is 18.5 Å². The topological polar surface area (TPSA) is 88.9 Å². The van der Waals surface area contributed by atoms with Crippen LogP contribution in [0.1, 0.15) is 0 Å². The second-order valence-electron chi connectivity index (χ2n) is 3.39. The lowest BCUT2D eigenvalue weighted by Crippen LogP contribution is -2.33. The van der Waals surface area contributed by atoms with Gasteiger partial charge >= 0.3 is 11.8 Å². The Bertz CT molecular complexity index is 616. The van der Waals surface area contributed by atoms with Crippen LogP contribution in [0, 0.1) is 5.82 Å². The molecule has 0 aliphatic rings. The van der Waals surface area contributed by atoms with Gasteiger partial charge < -0.3 is 5.32 Å². The van der Waals surface area contributed by atoms with Crippen molar-refractivity contribution < 1.29 is 14.0 Å². The molecule has 1 aromatic heterocycles. The normalized spacial score (nSPS) is 10.0. The molecule has 0 spiro atoms. The van der Waals surface area contributed by atoms with Crippen molar-refractivity contribution >= 4 is 29.1 Å². The lowest BCUT2D eigenvalue weighted by molar-refractivity contribution is -0.133. The van der Waals surface area contributed by atoms with Crippen LogP contribution in [-0.2, 0) is 9.59 Å². The second-order valence-corrected chi connectivity index (χ2v) is 3.80. The third kappa shape index (κ3) is 3.26. The lowest BCUT2D eigenvalue weighted by Gasteiger charge is -2.06. The predicted molar refractivity (Wildman–Crippen MR) is 64.4 cm³/mol. The van der Waals surface area contributed by atoms with E-state index in [9.17, 15) is 14.0 Å². The second kappa shape index (κ2) is 5.44. The van der Waals surface area contributed by atoms with Crippen molar-refractivity contribution in [3.05, 3.63) is 41.7 Å². The standard InChI is InChI=1S/C10H7ClFN5O2/c11-7-3-6(1-2-8(7)12)15-9(18)10(19)16-17-4-13-14-5-17/h1-5H,(H,15,18)(H,16,19). The minimum absolute atomic E-state index is 0.156. The third-order valence-electron chi connectivity index (χ3n) is 2.03. The van der Waals surface area contributed by atoms with Crippen LogP contribution in [0.25, 0.3) is 0 Å². The van der Waals surface area contributed by atoms with E-state index in [1.54, 1.807) is 0 Å². The molecule has 7 nitrogen and oxygen atoms in total. The first-order chi connectivity index (χ1) is 9.06. The number of aromatic nitrogens is 3. The van der Waals surface area contributed by atoms with Crippen LogP contribution >= 0.6 is 11.6 Å². The van der Waals surface area contributed by atoms with Crippen molar-refractivity contribution in [2.24, 2.45) is 0 Å². The van der Waals surface area contributed by atoms with Crippen molar-refractivity contribution in [1.29, 1.82) is 0 Å². The Labute approximate surface area is 111 Å². The molecule has 2 rings (SSSR count). The van der Waals surface area contributed by atoms with Gasteiger partial charge in [-0.2, -0.15) is 0 Å². The molecule has 9 heteroatoms. The Hall–Kier alpha value is -2.48. The predicted octanol–water partition coefficient (Wildman–Crippen LogP) is 0.779. The van der Waals surface area contributed by atoms with E-state index in [1.165, 1.54) is 24.8 Å². The molecule has 1 aromatic carbocycles. The maximum Gasteiger partial charge on any atom is 0.328 e. The van der Waals surface area contributed by atoms with E-state index in [4.69, 9.17) is 11.6 Å². The summed E-state index contributed by atoms with van der Waals surface area (Å²) in [6.45, 7) is 0. The molecule has 0 saturated carbocycles. The molecule has 0 unspecified atom stereocenters. The van der Waals surface area contributed by atoms with Gasteiger partial charge in [0.05, 0.1) is 5.02 Å². The highest BCUT2D eigenvalue weighted by atomic mass is 35.5. The molecule has 1 heterocycles. The van der Waals surface area contributed by atoms with Crippen molar-refractivity contribution in [3.63, 3.8) is 0 Å². The van der Waals surface area contributed by atoms with Gasteiger partial charge in [-0.25, -0.2) is 9.07 Å². The van der Waals surface area contributed by atoms with Crippen LogP contribution in [0.3, 0.4) is 0 Å². The van der Waals surface area contributed by atoms with Gasteiger partial charge in [0, 0.05) is 5.69 Å². The van der Waals surface area contributed by atoms with Gasteiger partial charge in [-0.05, 0) is 18.2 Å². The highest BCUT2D eigenvalue weighted by molar-refractivity contribution is 6.42. The first-order valence-electron chi connectivity index (χ1n) is 4.98. The fourth-order valence-corrected chi connectivity index (χ4v) is 1.37. The fourth-order valence-electron chi connectivity index (χ4n) is 1.19. The molecule has 0 bridgehead atoms. The minimum atomic E-state index is -0.934. The van der Waals surface area contributed by atoms with Crippen LogP contribution in [0.2, 0.25) is 5.02 Å². The van der Waals surface area contributed by atoms with Gasteiger partial charge in [-0.1, -0.05) is 11.6 Å². The van der Waals surface area contributed by atoms with Crippen molar-refractivity contribution in [1.82, 2.24) is 14.9 Å². The average molecular weight is 284 g/mol. The molecule has 0 aliphatic carbocycles. The summed E-state index contributed by atoms with van der Waals surface area (Å²) in [6.07, 6.45) is 2.42. The molecular formula is C10H7ClFN5O2. The number of amides is 2. The molecule has 0 aliphatic heterocycles. The van der Waals surface area contributed by atoms with E-state index >= 15 is 0 Å². The molecule has 0 atom stereocenters. The van der Waals surface area contributed by atoms with Crippen molar-refractivity contribution in [2.45, 2.75) is 0 Å². The van der Waals surface area contributed by atoms with Crippen molar-refractivity contribution in [3.8, 4) is 0 Å². The number of halogens is 2. The van der Waals surface area contributed by atoms with Crippen LogP contribution in [0.4, 0.5) is 10.1 Å². The summed E-state index contributed by atoms with van der Waals surface area (Å²) < 4.78 is 14.0. The number of rotatable bonds is 2. The molecular weight excluding hydrogens is 277 g/mol. The molecule has 0 radical (unpaired) electrons. The Kier molecular flexibility index (Phi) is 3.71. The highest BCUT2D eigenvalue weighted by Gasteiger charge is 2.14. The monoisotopic (exact) mass is 283 g/mol. The summed E-state index contributed by atoms with van der Waals surface area (Å²) in [7, 11) is 0. The van der Waals surface area contributed by atoms with E-state index in [0.717, 1.165) is 10.7 Å². The first-order valence-corrected chi connectivity index (χ1v) is 5.36. The molecule has 2 aromatic rings. The van der Waals surface area contributed by atoms with Gasteiger partial charge in [0.15, 0.2) is 0 Å². The van der Waals surface area contributed by atoms with E-state index in [-0.39, 0.29) is 10.7 Å². The summed E-state index contributed by atoms with van der Waals surface area (Å²) in [6, 6.07) is 3.56. The Morgan fingerprint density at radius 2 is 1.89 bits per heavy atom. The van der Waals surface area contributed by atoms with E-state index in [1.807, 2.05) is 0 Å². The zero-order valence-corrected chi connectivity index (χ0v) is 10.1. The number of carbonyl (C=O) groups is 2. The highest BCUT2D eigenvalue weighted by Crippen LogP contribution is 2.19. The number of benzene rings is 1. The Balaban J connectivity index is 2.00. The van der Waals surface area contributed by atoms with Gasteiger partial charge in [0.25, 0.3) is 0 Å². The molecule has 19 heavy (non-hydrogen) atoms. The molecule has 0 fully saturated rings. The van der Waals surface area contributed by atoms with Crippen LogP contribution in [0.15, 0.2) is 30.9 Å². The Morgan fingerprint density at radius 1 is 1.21 bits per heavy atom. The first kappa shape index (κ1) is 13.0. The number of hydrogen-bond acceptors (Lipinski definition) is 4. The summed E-state index contributed by atoms with van der Waals surface area (Å²) in [5, 5.41) is 9.00. The van der Waals surface area contributed by atoms with Crippen LogP contribution in [-0.4, -0.2) is 26.7 Å². The number of anilines is 1. The number of hydrogen-bond donors (Lipinski definition) is 2. The van der Waals surface area contributed by atoms with Crippen LogP contribution in [0.5, 0.6) is 0 Å². The Morgan fingerprint density at radius 3 is 2.53 bits per heavy atom. The number of nitrogens with zero attached hydrogens (tertiary/aromatic N) is 3. The summed E-state index contributed by atoms with van der Waals surface area (Å²) >= 11 is 5.54. The van der Waals surface area contributed by atoms with Crippen molar-refractivity contribution in [2.75, 3.05) is 10.7 Å². The summed E-state index contributed by atoms with van der Waals surface area (Å²) in [4.78, 5) is 23.0. The molecule has 2 amide bonds. The number of nitrogens with one attached hydrogen (secondary N) is 2. The van der Waals surface area contributed by atoms with E-state index in [0.29, 0.717) is 0 Å². The van der Waals surface area contributed by atoms with Crippen LogP contribution < -0.4 is 10.7 Å². The average Bonchev–Trinajstić information content (AvgIpc) is 2.86. The molecule has 0 saturated heterocycles. The summed E-state index contributed by atoms with van der Waals surface area (Å²) in [5.41, 5.74) is 2.41. The third-order valence-corrected chi connectivity index (χ3v) is 2.32. The quantitative estimate of drug-likeness (QED) is 0.797. The lowest BCUT2D eigenvalue weighted by atomic mass is 10.3. The zero-order valence-electron chi connectivity index (χ0n) is 9.30. The smallest absolute Gasteiger partial charge is 0.318 e. The summed E-state index contributed by atoms with van der Waals surface area (Å²) in [5.74, 6) is -2.48. The molecule has 98 valence electrons. The SMILES string of the molecule is O=C(Nc1ccc(F)c(Cl)c1)C(=O)Nn1cnnc1. The maximum absolute atomic E-state index is 12.9. The number of carbonyl (C=O) groups excluding carboxylic acids is 2. The van der Waals surface area contributed by atoms with Gasteiger partial charge in [0.2, 0.25) is 0 Å². The fraction of sp³-hybridized carbons (Fsp3) is 0. The van der Waals surface area contributed by atoms with Gasteiger partial charge in [-0.15, -0.1) is 10.2 Å². The van der Waals surface area contributed by atoms with Gasteiger partial charge in [-0.3, -0.25) is 15.0 Å².